The van der Waals surface area contributed by atoms with E-state index < -0.39 is 63.6 Å². The zero-order valence-electron chi connectivity index (χ0n) is 21.1. The summed E-state index contributed by atoms with van der Waals surface area (Å²) >= 11 is 6.04. The number of halogens is 2. The van der Waals surface area contributed by atoms with Crippen molar-refractivity contribution in [3.05, 3.63) is 23.8 Å². The van der Waals surface area contributed by atoms with E-state index in [0.717, 1.165) is 0 Å². The van der Waals surface area contributed by atoms with Crippen LogP contribution in [0.15, 0.2) is 23.8 Å². The first-order valence-electron chi connectivity index (χ1n) is 12.5. The van der Waals surface area contributed by atoms with Crippen LogP contribution in [0.5, 0.6) is 0 Å². The van der Waals surface area contributed by atoms with Gasteiger partial charge in [0.25, 0.3) is 0 Å². The third-order valence-electron chi connectivity index (χ3n) is 9.60. The van der Waals surface area contributed by atoms with Gasteiger partial charge in [-0.05, 0) is 50.7 Å². The average Bonchev–Trinajstić information content (AvgIpc) is 3.01. The molecule has 7 nitrogen and oxygen atoms in total. The zero-order chi connectivity index (χ0) is 26.7. The van der Waals surface area contributed by atoms with Crippen molar-refractivity contribution in [1.29, 1.82) is 0 Å². The smallest absolute Gasteiger partial charge is 0.310 e. The quantitative estimate of drug-likeness (QED) is 0.417. The Morgan fingerprint density at radius 3 is 2.58 bits per heavy atom. The molecule has 0 radical (unpaired) electrons. The lowest BCUT2D eigenvalue weighted by Gasteiger charge is -2.62. The lowest BCUT2D eigenvalue weighted by atomic mass is 9.44. The van der Waals surface area contributed by atoms with Gasteiger partial charge >= 0.3 is 11.9 Å². The van der Waals surface area contributed by atoms with E-state index in [1.54, 1.807) is 26.8 Å². The molecule has 0 heterocycles. The first-order chi connectivity index (χ1) is 16.8. The van der Waals surface area contributed by atoms with E-state index in [0.29, 0.717) is 24.8 Å². The molecule has 198 valence electrons. The molecule has 0 unspecified atom stereocenters. The molecule has 0 bridgehead atoms. The number of rotatable bonds is 6. The predicted molar refractivity (Wildman–Crippen MR) is 129 cm³/mol. The Morgan fingerprint density at radius 2 is 1.94 bits per heavy atom. The van der Waals surface area contributed by atoms with Gasteiger partial charge in [0.1, 0.15) is 6.61 Å². The van der Waals surface area contributed by atoms with Crippen LogP contribution in [-0.4, -0.2) is 58.5 Å². The Labute approximate surface area is 215 Å². The van der Waals surface area contributed by atoms with Crippen molar-refractivity contribution in [2.75, 3.05) is 12.5 Å². The van der Waals surface area contributed by atoms with Crippen molar-refractivity contribution in [3.8, 4) is 0 Å². The maximum Gasteiger partial charge on any atom is 0.310 e. The van der Waals surface area contributed by atoms with Crippen LogP contribution in [0.3, 0.4) is 0 Å². The first-order valence-corrected chi connectivity index (χ1v) is 13.1. The van der Waals surface area contributed by atoms with E-state index in [9.17, 15) is 24.3 Å². The van der Waals surface area contributed by atoms with Crippen molar-refractivity contribution in [3.63, 3.8) is 0 Å². The number of aliphatic hydroxyl groups excluding tert-OH is 1. The van der Waals surface area contributed by atoms with Gasteiger partial charge in [0.15, 0.2) is 22.8 Å². The number of fused-ring (bicyclic) bond motifs is 5. The third kappa shape index (κ3) is 3.54. The number of aliphatic hydroxyl groups is 1. The van der Waals surface area contributed by atoms with Gasteiger partial charge in [-0.3, -0.25) is 19.2 Å². The SMILES string of the molecule is CC(=O)OCCC(=O)O[C@]1(C(=O)CCl)[C@@H](C)C[C@H]2[C@@H]3CCC4=CC(=O)C=C[C@]4(C)[C@@]3(F)[C@@H](O)C[C@@]21C. The molecule has 3 saturated carbocycles. The standard InChI is InChI=1S/C27H34ClFO7/c1-15-11-20-19-6-5-17-12-18(31)7-9-24(17,3)26(19,29)21(32)13-25(20,4)27(15,22(33)14-28)36-23(34)8-10-35-16(2)30/h7,9,12,15,19-21,32H,5-6,8,10-11,13-14H2,1-4H3/t15-,19-,20-,21-,24-,25-,26-,27-/m0/s1. The second kappa shape index (κ2) is 9.05. The van der Waals surface area contributed by atoms with Gasteiger partial charge in [-0.25, -0.2) is 4.39 Å². The molecule has 9 heteroatoms. The first kappa shape index (κ1) is 27.0. The number of ether oxygens (including phenoxy) is 2. The van der Waals surface area contributed by atoms with Gasteiger partial charge in [-0.15, -0.1) is 11.6 Å². The molecule has 0 saturated heterocycles. The molecule has 0 aromatic rings. The molecule has 0 spiro atoms. The van der Waals surface area contributed by atoms with Crippen LogP contribution in [0.25, 0.3) is 0 Å². The molecule has 0 aromatic heterocycles. The molecule has 0 aromatic carbocycles. The fourth-order valence-electron chi connectivity index (χ4n) is 8.01. The molecule has 4 aliphatic rings. The number of allylic oxidation sites excluding steroid dienone is 4. The normalized spacial score (nSPS) is 43.1. The minimum absolute atomic E-state index is 0.112. The molecule has 4 aliphatic carbocycles. The van der Waals surface area contributed by atoms with Gasteiger partial charge in [0, 0.05) is 29.6 Å². The van der Waals surface area contributed by atoms with Crippen molar-refractivity contribution in [2.45, 2.75) is 77.2 Å². The van der Waals surface area contributed by atoms with Gasteiger partial charge in [0.2, 0.25) is 0 Å². The van der Waals surface area contributed by atoms with Crippen LogP contribution >= 0.6 is 11.6 Å². The molecule has 4 rings (SSSR count). The third-order valence-corrected chi connectivity index (χ3v) is 9.85. The molecular formula is C27H34ClFO7. The van der Waals surface area contributed by atoms with Gasteiger partial charge < -0.3 is 14.6 Å². The molecule has 1 N–H and O–H groups in total. The highest BCUT2D eigenvalue weighted by Gasteiger charge is 2.77. The van der Waals surface area contributed by atoms with E-state index in [1.165, 1.54) is 19.1 Å². The maximum absolute atomic E-state index is 17.3. The topological polar surface area (TPSA) is 107 Å². The van der Waals surface area contributed by atoms with Crippen LogP contribution in [0, 0.1) is 28.6 Å². The van der Waals surface area contributed by atoms with Crippen molar-refractivity contribution < 1.29 is 38.1 Å². The minimum atomic E-state index is -2.06. The van der Waals surface area contributed by atoms with Gasteiger partial charge in [-0.2, -0.15) is 0 Å². The largest absolute Gasteiger partial charge is 0.465 e. The minimum Gasteiger partial charge on any atom is -0.465 e. The summed E-state index contributed by atoms with van der Waals surface area (Å²) < 4.78 is 28.1. The molecular weight excluding hydrogens is 491 g/mol. The van der Waals surface area contributed by atoms with E-state index >= 15 is 4.39 Å². The Bertz CT molecular complexity index is 1050. The van der Waals surface area contributed by atoms with Crippen molar-refractivity contribution in [2.24, 2.45) is 28.6 Å². The molecule has 36 heavy (non-hydrogen) atoms. The molecule has 8 atom stereocenters. The number of hydrogen-bond donors (Lipinski definition) is 1. The summed E-state index contributed by atoms with van der Waals surface area (Å²) in [5, 5.41) is 11.5. The zero-order valence-corrected chi connectivity index (χ0v) is 21.9. The Kier molecular flexibility index (Phi) is 6.78. The number of alkyl halides is 2. The van der Waals surface area contributed by atoms with E-state index in [4.69, 9.17) is 21.1 Å². The number of esters is 2. The van der Waals surface area contributed by atoms with E-state index in [1.807, 2.05) is 0 Å². The fourth-order valence-corrected chi connectivity index (χ4v) is 8.21. The summed E-state index contributed by atoms with van der Waals surface area (Å²) in [6.45, 7) is 6.36. The molecule has 3 fully saturated rings. The fraction of sp³-hybridized carbons (Fsp3) is 0.704. The number of carbonyl (C=O) groups is 4. The Hall–Kier alpha value is -2.06. The molecule has 0 aliphatic heterocycles. The number of Topliss-reactive ketones (excluding diaryl/α,β-unsaturated/α-hetero) is 1. The highest BCUT2D eigenvalue weighted by Crippen LogP contribution is 2.71. The van der Waals surface area contributed by atoms with Crippen molar-refractivity contribution >= 4 is 35.1 Å². The lowest BCUT2D eigenvalue weighted by Crippen LogP contribution is -2.70. The lowest BCUT2D eigenvalue weighted by molar-refractivity contribution is -0.227. The number of hydrogen-bond acceptors (Lipinski definition) is 7. The summed E-state index contributed by atoms with van der Waals surface area (Å²) in [4.78, 5) is 49.4. The maximum atomic E-state index is 17.3. The number of carbonyl (C=O) groups excluding carboxylic acids is 4. The summed E-state index contributed by atoms with van der Waals surface area (Å²) in [5.41, 5.74) is -5.26. The van der Waals surface area contributed by atoms with Gasteiger partial charge in [-0.1, -0.05) is 25.5 Å². The molecule has 0 amide bonds. The van der Waals surface area contributed by atoms with Gasteiger partial charge in [0.05, 0.1) is 18.4 Å². The van der Waals surface area contributed by atoms with Crippen molar-refractivity contribution in [1.82, 2.24) is 0 Å². The summed E-state index contributed by atoms with van der Waals surface area (Å²) in [6.07, 6.45) is 3.89. The summed E-state index contributed by atoms with van der Waals surface area (Å²) in [5.74, 6) is -3.81. The highest BCUT2D eigenvalue weighted by atomic mass is 35.5. The second-order valence-electron chi connectivity index (χ2n) is 11.3. The monoisotopic (exact) mass is 524 g/mol. The average molecular weight is 525 g/mol. The summed E-state index contributed by atoms with van der Waals surface area (Å²) in [6, 6.07) is 0. The second-order valence-corrected chi connectivity index (χ2v) is 11.5. The predicted octanol–water partition coefficient (Wildman–Crippen LogP) is 3.65. The number of ketones is 2. The Morgan fingerprint density at radius 1 is 1.25 bits per heavy atom. The van der Waals surface area contributed by atoms with E-state index in [-0.39, 0.29) is 31.1 Å². The van der Waals surface area contributed by atoms with Crippen LogP contribution < -0.4 is 0 Å². The van der Waals surface area contributed by atoms with Crippen LogP contribution in [0.4, 0.5) is 4.39 Å². The van der Waals surface area contributed by atoms with Crippen LogP contribution in [0.2, 0.25) is 0 Å². The Balaban J connectivity index is 1.74. The van der Waals surface area contributed by atoms with E-state index in [2.05, 4.69) is 0 Å². The van der Waals surface area contributed by atoms with Crippen LogP contribution in [0.1, 0.15) is 59.8 Å². The van der Waals surface area contributed by atoms with Crippen LogP contribution in [-0.2, 0) is 28.7 Å². The highest BCUT2D eigenvalue weighted by molar-refractivity contribution is 6.29. The summed E-state index contributed by atoms with van der Waals surface area (Å²) in [7, 11) is 0.